The zero-order chi connectivity index (χ0) is 15.0. The number of hydrogen-bond donors (Lipinski definition) is 2. The van der Waals surface area contributed by atoms with Gasteiger partial charge in [-0.2, -0.15) is 0 Å². The number of carbonyl (C=O) groups excluding carboxylic acids is 1. The summed E-state index contributed by atoms with van der Waals surface area (Å²) in [4.78, 5) is 13.5. The summed E-state index contributed by atoms with van der Waals surface area (Å²) in [6.45, 7) is 3.68. The molecule has 3 N–H and O–H groups in total. The molecule has 2 fully saturated rings. The Morgan fingerprint density at radius 2 is 2.29 bits per heavy atom. The van der Waals surface area contributed by atoms with Gasteiger partial charge in [0.15, 0.2) is 0 Å². The summed E-state index contributed by atoms with van der Waals surface area (Å²) in [5.41, 5.74) is 6.49. The number of hydrogen-bond acceptors (Lipinski definition) is 3. The molecule has 1 saturated heterocycles. The number of nitrogens with zero attached hydrogens (tertiary/aromatic N) is 1. The van der Waals surface area contributed by atoms with E-state index in [1.165, 1.54) is 18.9 Å². The first-order chi connectivity index (χ1) is 9.99. The van der Waals surface area contributed by atoms with E-state index in [2.05, 4.69) is 5.32 Å². The highest BCUT2D eigenvalue weighted by Crippen LogP contribution is 2.36. The Kier molecular flexibility index (Phi) is 3.61. The maximum atomic E-state index is 14.3. The highest BCUT2D eigenvalue weighted by molar-refractivity contribution is 5.82. The number of nitrogens with one attached hydrogen (secondary N) is 1. The van der Waals surface area contributed by atoms with Gasteiger partial charge in [-0.15, -0.1) is 0 Å². The van der Waals surface area contributed by atoms with Crippen molar-refractivity contribution in [1.29, 1.82) is 0 Å². The molecule has 1 aliphatic heterocycles. The van der Waals surface area contributed by atoms with E-state index in [-0.39, 0.29) is 11.7 Å². The van der Waals surface area contributed by atoms with Gasteiger partial charge in [0.25, 0.3) is 0 Å². The summed E-state index contributed by atoms with van der Waals surface area (Å²) >= 11 is 0. The Balaban J connectivity index is 1.82. The Labute approximate surface area is 124 Å². The highest BCUT2D eigenvalue weighted by atomic mass is 19.1. The third kappa shape index (κ3) is 2.88. The van der Waals surface area contributed by atoms with Crippen molar-refractivity contribution in [3.8, 4) is 0 Å². The van der Waals surface area contributed by atoms with Crippen LogP contribution in [0.15, 0.2) is 18.2 Å². The minimum absolute atomic E-state index is 0.223. The van der Waals surface area contributed by atoms with Gasteiger partial charge in [0.05, 0.1) is 11.1 Å². The van der Waals surface area contributed by atoms with Crippen LogP contribution in [0.25, 0.3) is 0 Å². The molecule has 2 aliphatic rings. The van der Waals surface area contributed by atoms with Gasteiger partial charge in [-0.1, -0.05) is 12.1 Å². The molecule has 1 heterocycles. The molecule has 1 aromatic rings. The Hall–Kier alpha value is -1.62. The number of benzene rings is 1. The Bertz CT molecular complexity index is 558. The molecular weight excluding hydrogens is 269 g/mol. The van der Waals surface area contributed by atoms with E-state index in [9.17, 15) is 9.18 Å². The fourth-order valence-electron chi connectivity index (χ4n) is 2.95. The minimum atomic E-state index is -0.566. The minimum Gasteiger partial charge on any atom is -0.369 e. The van der Waals surface area contributed by atoms with E-state index in [4.69, 9.17) is 5.73 Å². The second kappa shape index (κ2) is 5.30. The molecule has 1 unspecified atom stereocenters. The predicted molar refractivity (Wildman–Crippen MR) is 80.4 cm³/mol. The molecule has 0 bridgehead atoms. The van der Waals surface area contributed by atoms with Gasteiger partial charge in [-0.05, 0) is 37.8 Å². The lowest BCUT2D eigenvalue weighted by Gasteiger charge is -2.25. The van der Waals surface area contributed by atoms with Gasteiger partial charge in [0.2, 0.25) is 5.91 Å². The molecule has 1 aliphatic carbocycles. The summed E-state index contributed by atoms with van der Waals surface area (Å²) in [5.74, 6) is -0.530. The molecule has 3 rings (SSSR count). The lowest BCUT2D eigenvalue weighted by atomic mass is 9.89. The van der Waals surface area contributed by atoms with Crippen LogP contribution in [0.4, 0.5) is 10.1 Å². The van der Waals surface area contributed by atoms with Crippen LogP contribution in [0.5, 0.6) is 0 Å². The summed E-state index contributed by atoms with van der Waals surface area (Å²) < 4.78 is 14.3. The number of anilines is 1. The van der Waals surface area contributed by atoms with Crippen molar-refractivity contribution < 1.29 is 9.18 Å². The van der Waals surface area contributed by atoms with Gasteiger partial charge >= 0.3 is 0 Å². The number of primary amides is 1. The van der Waals surface area contributed by atoms with Crippen LogP contribution in [0.1, 0.15) is 31.7 Å². The quantitative estimate of drug-likeness (QED) is 0.869. The highest BCUT2D eigenvalue weighted by Gasteiger charge is 2.40. The van der Waals surface area contributed by atoms with Crippen molar-refractivity contribution in [2.45, 2.75) is 38.8 Å². The van der Waals surface area contributed by atoms with Crippen molar-refractivity contribution in [1.82, 2.24) is 5.32 Å². The monoisotopic (exact) mass is 291 g/mol. The topological polar surface area (TPSA) is 58.4 Å². The van der Waals surface area contributed by atoms with E-state index in [0.717, 1.165) is 5.56 Å². The fourth-order valence-corrected chi connectivity index (χ4v) is 2.95. The molecule has 1 aromatic carbocycles. The van der Waals surface area contributed by atoms with Crippen molar-refractivity contribution in [2.24, 2.45) is 11.1 Å². The maximum Gasteiger partial charge on any atom is 0.225 e. The third-order valence-corrected chi connectivity index (χ3v) is 4.61. The average Bonchev–Trinajstić information content (AvgIpc) is 3.18. The van der Waals surface area contributed by atoms with Gasteiger partial charge in [-0.3, -0.25) is 4.79 Å². The smallest absolute Gasteiger partial charge is 0.225 e. The average molecular weight is 291 g/mol. The first-order valence-corrected chi connectivity index (χ1v) is 7.55. The van der Waals surface area contributed by atoms with Gasteiger partial charge in [0.1, 0.15) is 5.82 Å². The summed E-state index contributed by atoms with van der Waals surface area (Å²) in [6, 6.07) is 5.76. The number of carbonyl (C=O) groups is 1. The first kappa shape index (κ1) is 14.3. The fraction of sp³-hybridized carbons (Fsp3) is 0.562. The van der Waals surface area contributed by atoms with Crippen molar-refractivity contribution in [3.63, 3.8) is 0 Å². The normalized spacial score (nSPS) is 25.3. The van der Waals surface area contributed by atoms with E-state index in [1.54, 1.807) is 6.07 Å². The van der Waals surface area contributed by atoms with Crippen molar-refractivity contribution in [2.75, 3.05) is 18.0 Å². The molecule has 5 heteroatoms. The second-order valence-corrected chi connectivity index (χ2v) is 6.50. The molecule has 4 nitrogen and oxygen atoms in total. The van der Waals surface area contributed by atoms with Crippen LogP contribution >= 0.6 is 0 Å². The zero-order valence-corrected chi connectivity index (χ0v) is 12.4. The molecule has 114 valence electrons. The zero-order valence-electron chi connectivity index (χ0n) is 12.4. The molecule has 21 heavy (non-hydrogen) atoms. The van der Waals surface area contributed by atoms with Crippen molar-refractivity contribution >= 4 is 11.6 Å². The predicted octanol–water partition coefficient (Wildman–Crippen LogP) is 1.78. The van der Waals surface area contributed by atoms with Crippen LogP contribution in [-0.4, -0.2) is 25.0 Å². The van der Waals surface area contributed by atoms with Gasteiger partial charge < -0.3 is 16.0 Å². The largest absolute Gasteiger partial charge is 0.369 e. The molecule has 0 radical (unpaired) electrons. The van der Waals surface area contributed by atoms with Gasteiger partial charge in [0, 0.05) is 25.7 Å². The van der Waals surface area contributed by atoms with E-state index in [0.29, 0.717) is 37.8 Å². The van der Waals surface area contributed by atoms with Crippen molar-refractivity contribution in [3.05, 3.63) is 29.6 Å². The molecular formula is C16H22FN3O. The van der Waals surface area contributed by atoms with Crippen LogP contribution in [0.3, 0.4) is 0 Å². The van der Waals surface area contributed by atoms with Gasteiger partial charge in [-0.25, -0.2) is 4.39 Å². The van der Waals surface area contributed by atoms with E-state index in [1.807, 2.05) is 17.9 Å². The number of halogens is 1. The lowest BCUT2D eigenvalue weighted by Crippen LogP contribution is -2.37. The Morgan fingerprint density at radius 3 is 2.90 bits per heavy atom. The number of amides is 1. The van der Waals surface area contributed by atoms with Crippen LogP contribution < -0.4 is 16.0 Å². The molecule has 1 amide bonds. The SMILES string of the molecule is CC1(C(N)=O)CCN(c2c(F)cccc2CNC2CC2)C1. The van der Waals surface area contributed by atoms with E-state index < -0.39 is 5.41 Å². The Morgan fingerprint density at radius 1 is 1.52 bits per heavy atom. The van der Waals surface area contributed by atoms with Crippen LogP contribution in [-0.2, 0) is 11.3 Å². The standard InChI is InChI=1S/C16H22FN3O/c1-16(15(18)21)7-8-20(10-16)14-11(3-2-4-13(14)17)9-19-12-5-6-12/h2-4,12,19H,5-10H2,1H3,(H2,18,21). The maximum absolute atomic E-state index is 14.3. The summed E-state index contributed by atoms with van der Waals surface area (Å²) in [6.07, 6.45) is 3.08. The number of nitrogens with two attached hydrogens (primary N) is 1. The summed E-state index contributed by atoms with van der Waals surface area (Å²) in [5, 5.41) is 3.42. The molecule has 1 atom stereocenters. The molecule has 0 aromatic heterocycles. The van der Waals surface area contributed by atoms with Crippen LogP contribution in [0, 0.1) is 11.2 Å². The molecule has 1 saturated carbocycles. The molecule has 0 spiro atoms. The third-order valence-electron chi connectivity index (χ3n) is 4.61. The first-order valence-electron chi connectivity index (χ1n) is 7.55. The lowest BCUT2D eigenvalue weighted by molar-refractivity contribution is -0.125. The number of para-hydroxylation sites is 1. The summed E-state index contributed by atoms with van der Waals surface area (Å²) in [7, 11) is 0. The van der Waals surface area contributed by atoms with Crippen LogP contribution in [0.2, 0.25) is 0 Å². The number of rotatable bonds is 5. The van der Waals surface area contributed by atoms with E-state index >= 15 is 0 Å². The second-order valence-electron chi connectivity index (χ2n) is 6.50.